The van der Waals surface area contributed by atoms with Crippen LogP contribution in [0.3, 0.4) is 0 Å². The average molecular weight is 171 g/mol. The highest BCUT2D eigenvalue weighted by atomic mass is 35.5. The van der Waals surface area contributed by atoms with Gasteiger partial charge in [0, 0.05) is 5.57 Å². The Kier molecular flexibility index (Phi) is 4.55. The predicted molar refractivity (Wildman–Crippen MR) is 48.6 cm³/mol. The Bertz CT molecular complexity index is 220. The molecule has 0 aromatic carbocycles. The fourth-order valence-electron chi connectivity index (χ4n) is 0.470. The molecule has 0 unspecified atom stereocenters. The van der Waals surface area contributed by atoms with Crippen molar-refractivity contribution in [3.8, 4) is 0 Å². The van der Waals surface area contributed by atoms with Crippen LogP contribution in [0.25, 0.3) is 0 Å². The number of hydrogen-bond donors (Lipinski definition) is 0. The molecule has 0 fully saturated rings. The van der Waals surface area contributed by atoms with Crippen molar-refractivity contribution in [3.63, 3.8) is 0 Å². The molecule has 1 nitrogen and oxygen atoms in total. The van der Waals surface area contributed by atoms with Gasteiger partial charge in [0.2, 0.25) is 0 Å². The third-order valence-electron chi connectivity index (χ3n) is 1.04. The quantitative estimate of drug-likeness (QED) is 0.362. The van der Waals surface area contributed by atoms with E-state index in [1.54, 1.807) is 6.08 Å². The van der Waals surface area contributed by atoms with Crippen LogP contribution in [0.4, 0.5) is 0 Å². The summed E-state index contributed by atoms with van der Waals surface area (Å²) in [6, 6.07) is 0. The summed E-state index contributed by atoms with van der Waals surface area (Å²) >= 11 is 5.22. The fourth-order valence-corrected chi connectivity index (χ4v) is 0.610. The van der Waals surface area contributed by atoms with Crippen LogP contribution in [0.15, 0.2) is 36.0 Å². The van der Waals surface area contributed by atoms with Gasteiger partial charge in [0.1, 0.15) is 0 Å². The van der Waals surface area contributed by atoms with Crippen molar-refractivity contribution in [3.05, 3.63) is 36.0 Å². The summed E-state index contributed by atoms with van der Waals surface area (Å²) in [4.78, 5) is 10.6. The molecule has 0 rings (SSSR count). The van der Waals surface area contributed by atoms with Gasteiger partial charge in [-0.2, -0.15) is 0 Å². The Labute approximate surface area is 72.1 Å². The van der Waals surface area contributed by atoms with Gasteiger partial charge in [-0.05, 0) is 25.4 Å². The Balaban J connectivity index is 4.50. The third kappa shape index (κ3) is 4.57. The summed E-state index contributed by atoms with van der Waals surface area (Å²) in [6.45, 7) is 7.34. The molecule has 0 aromatic rings. The lowest BCUT2D eigenvalue weighted by atomic mass is 10.2. The van der Waals surface area contributed by atoms with E-state index < -0.39 is 5.24 Å². The minimum Gasteiger partial charge on any atom is -0.276 e. The van der Waals surface area contributed by atoms with Gasteiger partial charge in [0.05, 0.1) is 0 Å². The molecule has 0 bridgehead atoms. The maximum Gasteiger partial charge on any atom is 0.252 e. The van der Waals surface area contributed by atoms with Crippen LogP contribution in [0.5, 0.6) is 0 Å². The standard InChI is InChI=1S/C9H11ClO/c1-4-8(9(10)11)6-5-7(2)3/h4-6H,1H2,2-3H3/b8-6+. The lowest BCUT2D eigenvalue weighted by molar-refractivity contribution is -0.108. The van der Waals surface area contributed by atoms with Crippen molar-refractivity contribution in [1.82, 2.24) is 0 Å². The second-order valence-electron chi connectivity index (χ2n) is 2.34. The largest absolute Gasteiger partial charge is 0.276 e. The van der Waals surface area contributed by atoms with E-state index in [-0.39, 0.29) is 0 Å². The normalized spacial score (nSPS) is 10.6. The van der Waals surface area contributed by atoms with E-state index >= 15 is 0 Å². The number of rotatable bonds is 3. The first-order valence-electron chi connectivity index (χ1n) is 3.25. The summed E-state index contributed by atoms with van der Waals surface area (Å²) in [5.74, 6) is 0. The van der Waals surface area contributed by atoms with Crippen LogP contribution in [0.2, 0.25) is 0 Å². The highest BCUT2D eigenvalue weighted by Gasteiger charge is 1.97. The molecule has 0 saturated heterocycles. The monoisotopic (exact) mass is 170 g/mol. The molecule has 0 saturated carbocycles. The smallest absolute Gasteiger partial charge is 0.252 e. The molecule has 0 amide bonds. The summed E-state index contributed by atoms with van der Waals surface area (Å²) in [7, 11) is 0. The van der Waals surface area contributed by atoms with Crippen LogP contribution in [0, 0.1) is 0 Å². The zero-order chi connectivity index (χ0) is 8.85. The van der Waals surface area contributed by atoms with Gasteiger partial charge in [-0.25, -0.2) is 0 Å². The third-order valence-corrected chi connectivity index (χ3v) is 1.26. The van der Waals surface area contributed by atoms with Crippen molar-refractivity contribution < 1.29 is 4.79 Å². The van der Waals surface area contributed by atoms with E-state index in [9.17, 15) is 4.79 Å². The number of allylic oxidation sites excluding steroid dienone is 5. The SMILES string of the molecule is C=C/C(=C\C=C(C)C)C(=O)Cl. The van der Waals surface area contributed by atoms with Crippen molar-refractivity contribution in [2.24, 2.45) is 0 Å². The molecule has 2 heteroatoms. The van der Waals surface area contributed by atoms with E-state index in [4.69, 9.17) is 11.6 Å². The van der Waals surface area contributed by atoms with Gasteiger partial charge in [0.15, 0.2) is 0 Å². The molecule has 0 radical (unpaired) electrons. The van der Waals surface area contributed by atoms with Gasteiger partial charge in [-0.1, -0.05) is 30.4 Å². The topological polar surface area (TPSA) is 17.1 Å². The summed E-state index contributed by atoms with van der Waals surface area (Å²) in [5, 5.41) is -0.475. The molecule has 0 atom stereocenters. The highest BCUT2D eigenvalue weighted by molar-refractivity contribution is 6.68. The van der Waals surface area contributed by atoms with Crippen LogP contribution in [-0.2, 0) is 4.79 Å². The molecule has 0 spiro atoms. The number of carbonyl (C=O) groups is 1. The van der Waals surface area contributed by atoms with Crippen LogP contribution >= 0.6 is 11.6 Å². The number of hydrogen-bond acceptors (Lipinski definition) is 1. The fraction of sp³-hybridized carbons (Fsp3) is 0.222. The molecule has 11 heavy (non-hydrogen) atoms. The maximum atomic E-state index is 10.6. The van der Waals surface area contributed by atoms with Gasteiger partial charge in [-0.3, -0.25) is 4.79 Å². The first-order valence-corrected chi connectivity index (χ1v) is 3.63. The molecule has 0 N–H and O–H groups in total. The van der Waals surface area contributed by atoms with Crippen molar-refractivity contribution in [1.29, 1.82) is 0 Å². The zero-order valence-electron chi connectivity index (χ0n) is 6.73. The Morgan fingerprint density at radius 1 is 1.36 bits per heavy atom. The van der Waals surface area contributed by atoms with E-state index in [1.165, 1.54) is 6.08 Å². The zero-order valence-corrected chi connectivity index (χ0v) is 7.48. The summed E-state index contributed by atoms with van der Waals surface area (Å²) in [5.41, 5.74) is 1.54. The van der Waals surface area contributed by atoms with Crippen LogP contribution in [-0.4, -0.2) is 5.24 Å². The summed E-state index contributed by atoms with van der Waals surface area (Å²) in [6.07, 6.45) is 4.91. The van der Waals surface area contributed by atoms with Gasteiger partial charge in [0.25, 0.3) is 5.24 Å². The predicted octanol–water partition coefficient (Wildman–Crippen LogP) is 2.83. The minimum atomic E-state index is -0.475. The Hall–Kier alpha value is -0.820. The molecule has 0 aromatic heterocycles. The number of halogens is 1. The Morgan fingerprint density at radius 2 is 1.91 bits per heavy atom. The first kappa shape index (κ1) is 10.2. The van der Waals surface area contributed by atoms with Gasteiger partial charge >= 0.3 is 0 Å². The van der Waals surface area contributed by atoms with E-state index in [0.29, 0.717) is 5.57 Å². The molecule has 0 aliphatic carbocycles. The van der Waals surface area contributed by atoms with Crippen LogP contribution < -0.4 is 0 Å². The highest BCUT2D eigenvalue weighted by Crippen LogP contribution is 2.02. The van der Waals surface area contributed by atoms with Crippen molar-refractivity contribution in [2.75, 3.05) is 0 Å². The number of carbonyl (C=O) groups excluding carboxylic acids is 1. The molecule has 60 valence electrons. The lowest BCUT2D eigenvalue weighted by Crippen LogP contribution is -1.87. The molecule has 0 aliphatic heterocycles. The molecular weight excluding hydrogens is 160 g/mol. The maximum absolute atomic E-state index is 10.6. The van der Waals surface area contributed by atoms with Gasteiger partial charge < -0.3 is 0 Å². The lowest BCUT2D eigenvalue weighted by Gasteiger charge is -1.89. The van der Waals surface area contributed by atoms with E-state index in [2.05, 4.69) is 6.58 Å². The van der Waals surface area contributed by atoms with Crippen LogP contribution in [0.1, 0.15) is 13.8 Å². The molecular formula is C9H11ClO. The molecule has 0 aliphatic rings. The summed E-state index contributed by atoms with van der Waals surface area (Å²) < 4.78 is 0. The Morgan fingerprint density at radius 3 is 2.18 bits per heavy atom. The van der Waals surface area contributed by atoms with E-state index in [1.807, 2.05) is 19.9 Å². The van der Waals surface area contributed by atoms with E-state index in [0.717, 1.165) is 5.57 Å². The van der Waals surface area contributed by atoms with Gasteiger partial charge in [-0.15, -0.1) is 0 Å². The average Bonchev–Trinajstić information content (AvgIpc) is 1.87. The molecule has 0 heterocycles. The van der Waals surface area contributed by atoms with Crippen molar-refractivity contribution in [2.45, 2.75) is 13.8 Å². The van der Waals surface area contributed by atoms with Crippen molar-refractivity contribution >= 4 is 16.8 Å². The second kappa shape index (κ2) is 4.91. The minimum absolute atomic E-state index is 0.424. The second-order valence-corrected chi connectivity index (χ2v) is 2.69. The first-order chi connectivity index (χ1) is 5.07.